The minimum Gasteiger partial charge on any atom is -0.351 e. The predicted octanol–water partition coefficient (Wildman–Crippen LogP) is 4.35. The number of carbonyl (C=O) groups excluding carboxylic acids is 3. The Hall–Kier alpha value is -2.82. The molecule has 1 heterocycles. The Kier molecular flexibility index (Phi) is 8.46. The predicted molar refractivity (Wildman–Crippen MR) is 119 cm³/mol. The van der Waals surface area contributed by atoms with Gasteiger partial charge in [0.15, 0.2) is 5.78 Å². The molecule has 0 radical (unpaired) electrons. The number of nitrogens with zero attached hydrogens (tertiary/aromatic N) is 1. The minimum atomic E-state index is -0.660. The van der Waals surface area contributed by atoms with Crippen molar-refractivity contribution in [1.29, 1.82) is 0 Å². The first-order valence-corrected chi connectivity index (χ1v) is 10.8. The Morgan fingerprint density at radius 1 is 1.17 bits per heavy atom. The fourth-order valence-electron chi connectivity index (χ4n) is 4.12. The van der Waals surface area contributed by atoms with E-state index < -0.39 is 5.92 Å². The minimum absolute atomic E-state index is 0.00675. The van der Waals surface area contributed by atoms with Gasteiger partial charge in [0.2, 0.25) is 0 Å². The zero-order chi connectivity index (χ0) is 22.3. The van der Waals surface area contributed by atoms with Crippen LogP contribution in [0, 0.1) is 19.8 Å². The highest BCUT2D eigenvalue weighted by molar-refractivity contribution is 6.15. The molecule has 1 aromatic heterocycles. The largest absolute Gasteiger partial charge is 0.351 e. The summed E-state index contributed by atoms with van der Waals surface area (Å²) in [5, 5.41) is 2.79. The highest BCUT2D eigenvalue weighted by Crippen LogP contribution is 2.37. The first-order chi connectivity index (χ1) is 14.4. The lowest BCUT2D eigenvalue weighted by Crippen LogP contribution is -2.27. The van der Waals surface area contributed by atoms with E-state index in [-0.39, 0.29) is 29.8 Å². The molecular formula is C25H32N2O3. The monoisotopic (exact) mass is 408 g/mol. The second-order valence-corrected chi connectivity index (χ2v) is 7.47. The lowest BCUT2D eigenvalue weighted by molar-refractivity contribution is -0.124. The van der Waals surface area contributed by atoms with E-state index in [0.717, 1.165) is 28.7 Å². The summed E-state index contributed by atoms with van der Waals surface area (Å²) in [7, 11) is 0. The zero-order valence-electron chi connectivity index (χ0n) is 18.6. The van der Waals surface area contributed by atoms with E-state index in [1.165, 1.54) is 0 Å². The Bertz CT molecular complexity index is 906. The van der Waals surface area contributed by atoms with Crippen LogP contribution in [0.1, 0.15) is 72.3 Å². The van der Waals surface area contributed by atoms with Gasteiger partial charge in [-0.3, -0.25) is 19.4 Å². The van der Waals surface area contributed by atoms with Crippen LogP contribution in [0.15, 0.2) is 36.5 Å². The number of nitrogens with one attached hydrogen (secondary N) is 1. The standard InChI is InChI=1S/C23H26N2O3.C2H6/c1-4-16-12-14(2)11-15(3)20(16)21-19(26)13-17(22(21)27)8-10-25-23(28)18-7-5-6-9-24-18;1-2/h5-7,9,11-12,17,21H,4,8,10,13H2,1-3H3,(H,25,28);1-2H3. The van der Waals surface area contributed by atoms with Crippen LogP contribution < -0.4 is 5.32 Å². The van der Waals surface area contributed by atoms with Crippen molar-refractivity contribution in [2.45, 2.75) is 59.8 Å². The highest BCUT2D eigenvalue weighted by Gasteiger charge is 2.42. The number of hydrogen-bond acceptors (Lipinski definition) is 4. The van der Waals surface area contributed by atoms with Crippen LogP contribution in [0.25, 0.3) is 0 Å². The van der Waals surface area contributed by atoms with Crippen LogP contribution in [-0.2, 0) is 16.0 Å². The highest BCUT2D eigenvalue weighted by atomic mass is 16.2. The summed E-state index contributed by atoms with van der Waals surface area (Å²) in [5.74, 6) is -1.29. The number of hydrogen-bond donors (Lipinski definition) is 1. The summed E-state index contributed by atoms with van der Waals surface area (Å²) >= 11 is 0. The first kappa shape index (κ1) is 23.5. The smallest absolute Gasteiger partial charge is 0.269 e. The number of benzene rings is 1. The van der Waals surface area contributed by atoms with E-state index in [9.17, 15) is 14.4 Å². The summed E-state index contributed by atoms with van der Waals surface area (Å²) < 4.78 is 0. The van der Waals surface area contributed by atoms with Crippen molar-refractivity contribution in [2.24, 2.45) is 5.92 Å². The summed E-state index contributed by atoms with van der Waals surface area (Å²) in [5.41, 5.74) is 4.46. The Morgan fingerprint density at radius 2 is 1.90 bits per heavy atom. The molecule has 1 N–H and O–H groups in total. The molecule has 2 aromatic rings. The SMILES string of the molecule is CC.CCc1cc(C)cc(C)c1C1C(=O)CC(CCNC(=O)c2ccccn2)C1=O. The van der Waals surface area contributed by atoms with Gasteiger partial charge in [-0.15, -0.1) is 0 Å². The molecule has 5 heteroatoms. The maximum atomic E-state index is 13.0. The van der Waals surface area contributed by atoms with Crippen molar-refractivity contribution in [3.05, 3.63) is 64.5 Å². The number of Topliss-reactive ketones (excluding diaryl/α,β-unsaturated/α-hetero) is 2. The second-order valence-electron chi connectivity index (χ2n) is 7.47. The second kappa shape index (κ2) is 10.8. The van der Waals surface area contributed by atoms with Gasteiger partial charge in [-0.05, 0) is 55.5 Å². The third-order valence-electron chi connectivity index (χ3n) is 5.42. The van der Waals surface area contributed by atoms with E-state index in [0.29, 0.717) is 18.7 Å². The van der Waals surface area contributed by atoms with Crippen molar-refractivity contribution < 1.29 is 14.4 Å². The van der Waals surface area contributed by atoms with Gasteiger partial charge in [0.25, 0.3) is 5.91 Å². The molecule has 1 saturated carbocycles. The van der Waals surface area contributed by atoms with Crippen LogP contribution in [0.4, 0.5) is 0 Å². The fourth-order valence-corrected chi connectivity index (χ4v) is 4.12. The van der Waals surface area contributed by atoms with Crippen LogP contribution in [0.3, 0.4) is 0 Å². The maximum Gasteiger partial charge on any atom is 0.269 e. The number of aromatic nitrogens is 1. The third-order valence-corrected chi connectivity index (χ3v) is 5.42. The summed E-state index contributed by atoms with van der Waals surface area (Å²) in [6, 6.07) is 9.25. The van der Waals surface area contributed by atoms with Crippen molar-refractivity contribution in [3.63, 3.8) is 0 Å². The summed E-state index contributed by atoms with van der Waals surface area (Å²) in [4.78, 5) is 41.8. The Balaban J connectivity index is 0.00000155. The summed E-state index contributed by atoms with van der Waals surface area (Å²) in [6.07, 6.45) is 3.07. The quantitative estimate of drug-likeness (QED) is 0.721. The number of ketones is 2. The van der Waals surface area contributed by atoms with Crippen LogP contribution >= 0.6 is 0 Å². The lowest BCUT2D eigenvalue weighted by Gasteiger charge is -2.18. The van der Waals surface area contributed by atoms with Gasteiger partial charge in [-0.2, -0.15) is 0 Å². The van der Waals surface area contributed by atoms with E-state index in [2.05, 4.69) is 16.4 Å². The van der Waals surface area contributed by atoms with Gasteiger partial charge in [0.1, 0.15) is 17.4 Å². The van der Waals surface area contributed by atoms with E-state index >= 15 is 0 Å². The van der Waals surface area contributed by atoms with Crippen molar-refractivity contribution >= 4 is 17.5 Å². The van der Waals surface area contributed by atoms with Gasteiger partial charge in [0, 0.05) is 25.1 Å². The van der Waals surface area contributed by atoms with Crippen LogP contribution in [-0.4, -0.2) is 29.0 Å². The van der Waals surface area contributed by atoms with Gasteiger partial charge in [-0.25, -0.2) is 0 Å². The molecular weight excluding hydrogens is 376 g/mol. The van der Waals surface area contributed by atoms with Gasteiger partial charge >= 0.3 is 0 Å². The molecule has 1 aliphatic carbocycles. The number of carbonyl (C=O) groups is 3. The molecule has 1 aromatic carbocycles. The van der Waals surface area contributed by atoms with Gasteiger partial charge in [0.05, 0.1) is 0 Å². The van der Waals surface area contributed by atoms with E-state index in [4.69, 9.17) is 0 Å². The normalized spacial score (nSPS) is 18.0. The van der Waals surface area contributed by atoms with Crippen molar-refractivity contribution in [3.8, 4) is 0 Å². The van der Waals surface area contributed by atoms with Gasteiger partial charge < -0.3 is 5.32 Å². The Morgan fingerprint density at radius 3 is 2.53 bits per heavy atom. The van der Waals surface area contributed by atoms with Crippen molar-refractivity contribution in [2.75, 3.05) is 6.54 Å². The number of amides is 1. The molecule has 5 nitrogen and oxygen atoms in total. The molecule has 0 spiro atoms. The van der Waals surface area contributed by atoms with E-state index in [1.54, 1.807) is 24.4 Å². The molecule has 1 aliphatic rings. The number of pyridine rings is 1. The fraction of sp³-hybridized carbons (Fsp3) is 0.440. The van der Waals surface area contributed by atoms with Gasteiger partial charge in [-0.1, -0.05) is 44.5 Å². The average Bonchev–Trinajstić information content (AvgIpc) is 3.02. The molecule has 0 aliphatic heterocycles. The Labute approximate surface area is 179 Å². The maximum absolute atomic E-state index is 13.0. The topological polar surface area (TPSA) is 76.1 Å². The molecule has 0 saturated heterocycles. The number of aryl methyl sites for hydroxylation is 3. The van der Waals surface area contributed by atoms with Crippen LogP contribution in [0.5, 0.6) is 0 Å². The van der Waals surface area contributed by atoms with Crippen LogP contribution in [0.2, 0.25) is 0 Å². The molecule has 3 rings (SSSR count). The lowest BCUT2D eigenvalue weighted by atomic mass is 9.85. The first-order valence-electron chi connectivity index (χ1n) is 10.8. The summed E-state index contributed by atoms with van der Waals surface area (Å²) in [6.45, 7) is 10.4. The van der Waals surface area contributed by atoms with Crippen molar-refractivity contribution in [1.82, 2.24) is 10.3 Å². The molecule has 30 heavy (non-hydrogen) atoms. The van der Waals surface area contributed by atoms with E-state index in [1.807, 2.05) is 40.7 Å². The third kappa shape index (κ3) is 5.21. The molecule has 160 valence electrons. The molecule has 1 amide bonds. The molecule has 1 fully saturated rings. The zero-order valence-corrected chi connectivity index (χ0v) is 18.6. The molecule has 2 unspecified atom stereocenters. The molecule has 0 bridgehead atoms. The molecule has 2 atom stereocenters. The average molecular weight is 409 g/mol. The number of rotatable bonds is 6.